The molecule has 0 unspecified atom stereocenters. The fourth-order valence-electron chi connectivity index (χ4n) is 2.59. The fourth-order valence-corrected chi connectivity index (χ4v) is 4.20. The number of hydrogen-bond donors (Lipinski definition) is 1. The zero-order valence-electron chi connectivity index (χ0n) is 17.4. The summed E-state index contributed by atoms with van der Waals surface area (Å²) in [6.45, 7) is -0.149. The van der Waals surface area contributed by atoms with E-state index in [0.29, 0.717) is 16.6 Å². The lowest BCUT2D eigenvalue weighted by molar-refractivity contribution is -0.384. The number of likely N-dealkylation sites (N-methyl/N-ethyl adjacent to an activating group) is 1. The molecule has 2 rings (SSSR count). The number of rotatable bonds is 11. The van der Waals surface area contributed by atoms with Crippen molar-refractivity contribution in [1.82, 2.24) is 10.2 Å². The zero-order valence-corrected chi connectivity index (χ0v) is 19.8. The number of halogens is 1. The Morgan fingerprint density at radius 2 is 2.06 bits per heavy atom. The van der Waals surface area contributed by atoms with Gasteiger partial charge in [0, 0.05) is 29.6 Å². The number of ether oxygens (including phenoxy) is 1. The normalized spacial score (nSPS) is 11.5. The van der Waals surface area contributed by atoms with Crippen LogP contribution in [-0.4, -0.2) is 59.3 Å². The van der Waals surface area contributed by atoms with Gasteiger partial charge in [0.05, 0.1) is 15.8 Å². The van der Waals surface area contributed by atoms with Crippen LogP contribution in [0.15, 0.2) is 36.4 Å². The van der Waals surface area contributed by atoms with Crippen LogP contribution in [0, 0.1) is 10.1 Å². The molecule has 0 saturated heterocycles. The number of carbonyl (C=O) groups excluding carboxylic acids is 3. The topological polar surface area (TPSA) is 119 Å². The maximum atomic E-state index is 12.5. The molecule has 1 N–H and O–H groups in total. The number of non-ortho nitro benzene ring substituents is 1. The van der Waals surface area contributed by atoms with Crippen LogP contribution in [0.25, 0.3) is 0 Å². The average Bonchev–Trinajstić information content (AvgIpc) is 3.18. The van der Waals surface area contributed by atoms with Gasteiger partial charge in [-0.05, 0) is 36.6 Å². The first kappa shape index (κ1) is 25.6. The molecule has 1 aromatic carbocycles. The number of thioether (sulfide) groups is 1. The van der Waals surface area contributed by atoms with Gasteiger partial charge < -0.3 is 15.0 Å². The van der Waals surface area contributed by atoms with Gasteiger partial charge >= 0.3 is 5.97 Å². The first-order valence-electron chi connectivity index (χ1n) is 9.40. The van der Waals surface area contributed by atoms with Gasteiger partial charge in [0.1, 0.15) is 6.04 Å². The predicted molar refractivity (Wildman–Crippen MR) is 124 cm³/mol. The van der Waals surface area contributed by atoms with Crippen LogP contribution in [0.1, 0.15) is 21.7 Å². The first-order chi connectivity index (χ1) is 15.2. The smallest absolute Gasteiger partial charge is 0.329 e. The molecule has 0 fully saturated rings. The lowest BCUT2D eigenvalue weighted by Gasteiger charge is -2.19. The molecule has 0 spiro atoms. The Labute approximate surface area is 198 Å². The molecule has 0 aliphatic rings. The second-order valence-corrected chi connectivity index (χ2v) is 9.46. The number of nitro benzene ring substituents is 1. The Balaban J connectivity index is 1.96. The lowest BCUT2D eigenvalue weighted by atomic mass is 10.1. The zero-order chi connectivity index (χ0) is 23.7. The Kier molecular flexibility index (Phi) is 9.95. The van der Waals surface area contributed by atoms with E-state index in [9.17, 15) is 24.5 Å². The summed E-state index contributed by atoms with van der Waals surface area (Å²) in [6.07, 6.45) is 2.12. The van der Waals surface area contributed by atoms with Gasteiger partial charge in [-0.15, -0.1) is 11.3 Å². The second kappa shape index (κ2) is 12.4. The third-order valence-corrected chi connectivity index (χ3v) is 6.17. The molecular weight excluding hydrogens is 478 g/mol. The largest absolute Gasteiger partial charge is 0.454 e. The highest BCUT2D eigenvalue weighted by Crippen LogP contribution is 2.22. The number of carbonyl (C=O) groups is 3. The van der Waals surface area contributed by atoms with Crippen LogP contribution in [0.3, 0.4) is 0 Å². The predicted octanol–water partition coefficient (Wildman–Crippen LogP) is 3.36. The Hall–Kier alpha value is -2.63. The van der Waals surface area contributed by atoms with Gasteiger partial charge in [-0.2, -0.15) is 11.8 Å². The second-order valence-electron chi connectivity index (χ2n) is 6.68. The fraction of sp³-hybridized carbons (Fsp3) is 0.350. The highest BCUT2D eigenvalue weighted by atomic mass is 35.5. The summed E-state index contributed by atoms with van der Waals surface area (Å²) in [5.41, 5.74) is -0.187. The van der Waals surface area contributed by atoms with Crippen molar-refractivity contribution in [1.29, 1.82) is 0 Å². The molecule has 1 aromatic heterocycles. The van der Waals surface area contributed by atoms with Crippen LogP contribution in [0.4, 0.5) is 5.69 Å². The molecule has 1 heterocycles. The van der Waals surface area contributed by atoms with Crippen molar-refractivity contribution in [2.75, 3.05) is 25.7 Å². The molecule has 0 aliphatic carbocycles. The summed E-state index contributed by atoms with van der Waals surface area (Å²) in [5, 5.41) is 13.5. The number of benzene rings is 1. The van der Waals surface area contributed by atoms with Gasteiger partial charge in [-0.1, -0.05) is 17.7 Å². The number of nitrogens with one attached hydrogen (secondary N) is 1. The number of amides is 2. The first-order valence-corrected chi connectivity index (χ1v) is 12.0. The van der Waals surface area contributed by atoms with Gasteiger partial charge in [0.2, 0.25) is 0 Å². The molecule has 2 aromatic rings. The van der Waals surface area contributed by atoms with Crippen molar-refractivity contribution in [2.24, 2.45) is 0 Å². The number of nitrogens with zero attached hydrogens (tertiary/aromatic N) is 2. The minimum Gasteiger partial charge on any atom is -0.454 e. The highest BCUT2D eigenvalue weighted by Gasteiger charge is 2.24. The van der Waals surface area contributed by atoms with E-state index in [2.05, 4.69) is 5.32 Å². The molecule has 0 bridgehead atoms. The van der Waals surface area contributed by atoms with E-state index in [-0.39, 0.29) is 17.7 Å². The van der Waals surface area contributed by atoms with Crippen LogP contribution < -0.4 is 5.32 Å². The van der Waals surface area contributed by atoms with Crippen LogP contribution in [0.2, 0.25) is 4.34 Å². The molecule has 32 heavy (non-hydrogen) atoms. The third-order valence-electron chi connectivity index (χ3n) is 4.31. The van der Waals surface area contributed by atoms with Gasteiger partial charge in [-0.25, -0.2) is 4.79 Å². The van der Waals surface area contributed by atoms with Crippen molar-refractivity contribution in [2.45, 2.75) is 19.0 Å². The van der Waals surface area contributed by atoms with E-state index in [0.717, 1.165) is 10.9 Å². The van der Waals surface area contributed by atoms with Crippen molar-refractivity contribution in [3.8, 4) is 0 Å². The Morgan fingerprint density at radius 3 is 2.69 bits per heavy atom. The molecule has 0 saturated carbocycles. The monoisotopic (exact) mass is 499 g/mol. The summed E-state index contributed by atoms with van der Waals surface area (Å²) in [5.74, 6) is -1.24. The van der Waals surface area contributed by atoms with Gasteiger partial charge in [-0.3, -0.25) is 19.7 Å². The van der Waals surface area contributed by atoms with E-state index < -0.39 is 35.4 Å². The molecule has 9 nitrogen and oxygen atoms in total. The molecule has 12 heteroatoms. The van der Waals surface area contributed by atoms with Crippen LogP contribution >= 0.6 is 34.7 Å². The summed E-state index contributed by atoms with van der Waals surface area (Å²) >= 11 is 8.72. The van der Waals surface area contributed by atoms with Crippen LogP contribution in [-0.2, 0) is 20.9 Å². The molecule has 0 aliphatic heterocycles. The number of esters is 1. The molecular formula is C20H22ClN3O6S2. The van der Waals surface area contributed by atoms with E-state index in [4.69, 9.17) is 16.3 Å². The van der Waals surface area contributed by atoms with E-state index in [1.165, 1.54) is 46.2 Å². The lowest BCUT2D eigenvalue weighted by Crippen LogP contribution is -2.43. The molecule has 0 radical (unpaired) electrons. The van der Waals surface area contributed by atoms with Gasteiger partial charge in [0.25, 0.3) is 17.5 Å². The Bertz CT molecular complexity index is 984. The minimum atomic E-state index is -0.997. The number of hydrogen-bond acceptors (Lipinski definition) is 8. The quantitative estimate of drug-likeness (QED) is 0.286. The van der Waals surface area contributed by atoms with Gasteiger partial charge in [0.15, 0.2) is 6.61 Å². The standard InChI is InChI=1S/C20H22ClN3O6S2/c1-23(11-15-6-7-17(21)32-15)18(25)12-30-20(27)16(8-9-31-2)22-19(26)13-4-3-5-14(10-13)24(28)29/h3-7,10,16H,8-9,11-12H2,1-2H3,(H,22,26)/t16-/m1/s1. The number of nitro groups is 1. The molecule has 1 atom stereocenters. The van der Waals surface area contributed by atoms with Crippen molar-refractivity contribution < 1.29 is 24.0 Å². The van der Waals surface area contributed by atoms with E-state index >= 15 is 0 Å². The number of thiophene rings is 1. The summed E-state index contributed by atoms with van der Waals surface area (Å²) in [7, 11) is 1.58. The molecule has 172 valence electrons. The molecule has 2 amide bonds. The van der Waals surface area contributed by atoms with Crippen molar-refractivity contribution in [3.63, 3.8) is 0 Å². The minimum absolute atomic E-state index is 0.0477. The maximum absolute atomic E-state index is 12.5. The highest BCUT2D eigenvalue weighted by molar-refractivity contribution is 7.98. The third kappa shape index (κ3) is 7.81. The maximum Gasteiger partial charge on any atom is 0.329 e. The van der Waals surface area contributed by atoms with E-state index in [1.807, 2.05) is 12.3 Å². The van der Waals surface area contributed by atoms with Crippen LogP contribution in [0.5, 0.6) is 0 Å². The van der Waals surface area contributed by atoms with E-state index in [1.54, 1.807) is 13.1 Å². The van der Waals surface area contributed by atoms with Crippen molar-refractivity contribution >= 4 is 58.2 Å². The average molecular weight is 500 g/mol. The Morgan fingerprint density at radius 1 is 1.31 bits per heavy atom. The summed E-state index contributed by atoms with van der Waals surface area (Å²) < 4.78 is 5.76. The summed E-state index contributed by atoms with van der Waals surface area (Å²) in [6, 6.07) is 7.74. The van der Waals surface area contributed by atoms with Crippen molar-refractivity contribution in [3.05, 3.63) is 61.3 Å². The SMILES string of the molecule is CSCC[C@@H](NC(=O)c1cccc([N+](=O)[O-])c1)C(=O)OCC(=O)N(C)Cc1ccc(Cl)s1. The summed E-state index contributed by atoms with van der Waals surface area (Å²) in [4.78, 5) is 50.0.